The normalized spacial score (nSPS) is 12.5. The second-order valence-corrected chi connectivity index (χ2v) is 3.80. The molecule has 0 aromatic carbocycles. The van der Waals surface area contributed by atoms with E-state index in [0.717, 1.165) is 0 Å². The van der Waals surface area contributed by atoms with Gasteiger partial charge in [-0.3, -0.25) is 4.79 Å². The summed E-state index contributed by atoms with van der Waals surface area (Å²) in [5.74, 6) is 0.978. The van der Waals surface area contributed by atoms with Crippen molar-refractivity contribution in [3.05, 3.63) is 33.4 Å². The van der Waals surface area contributed by atoms with Crippen LogP contribution in [0.15, 0.2) is 15.5 Å². The molecule has 0 fully saturated rings. The van der Waals surface area contributed by atoms with Crippen LogP contribution in [-0.4, -0.2) is 12.4 Å². The molecule has 0 saturated heterocycles. The lowest BCUT2D eigenvalue weighted by molar-refractivity contribution is 0.275. The lowest BCUT2D eigenvalue weighted by Gasteiger charge is -2.09. The van der Waals surface area contributed by atoms with Crippen LogP contribution < -0.4 is 5.43 Å². The van der Waals surface area contributed by atoms with Crippen LogP contribution in [0, 0.1) is 6.92 Å². The molecule has 1 N–H and O–H groups in total. The van der Waals surface area contributed by atoms with Crippen molar-refractivity contribution in [2.75, 3.05) is 0 Å². The summed E-state index contributed by atoms with van der Waals surface area (Å²) in [6, 6.07) is 0. The lowest BCUT2D eigenvalue weighted by Crippen LogP contribution is -2.17. The SMILES string of the molecule is C[B]C(C)Cc1c(C)occ(CO)c1=O. The molecule has 0 amide bonds. The number of hydrogen-bond acceptors (Lipinski definition) is 3. The number of aryl methyl sites for hydroxylation is 1. The highest BCUT2D eigenvalue weighted by Gasteiger charge is 2.12. The number of aliphatic hydroxyl groups is 1. The maximum Gasteiger partial charge on any atom is 0.193 e. The first-order valence-corrected chi connectivity index (χ1v) is 5.10. The van der Waals surface area contributed by atoms with E-state index in [-0.39, 0.29) is 12.0 Å². The second-order valence-electron chi connectivity index (χ2n) is 3.80. The summed E-state index contributed by atoms with van der Waals surface area (Å²) in [5.41, 5.74) is 0.918. The minimum atomic E-state index is -0.264. The number of hydrogen-bond donors (Lipinski definition) is 1. The molecule has 3 nitrogen and oxygen atoms in total. The molecule has 0 saturated carbocycles. The fourth-order valence-corrected chi connectivity index (χ4v) is 1.42. The fraction of sp³-hybridized carbons (Fsp3) is 0.545. The van der Waals surface area contributed by atoms with Crippen LogP contribution in [0.3, 0.4) is 0 Å². The Morgan fingerprint density at radius 1 is 1.60 bits per heavy atom. The molecule has 1 rings (SSSR count). The van der Waals surface area contributed by atoms with Crippen molar-refractivity contribution in [2.45, 2.75) is 39.5 Å². The van der Waals surface area contributed by atoms with Crippen LogP contribution in [0.5, 0.6) is 0 Å². The average molecular weight is 207 g/mol. The molecule has 15 heavy (non-hydrogen) atoms. The Morgan fingerprint density at radius 2 is 2.27 bits per heavy atom. The Kier molecular flexibility index (Phi) is 4.15. The molecule has 1 aromatic rings. The van der Waals surface area contributed by atoms with E-state index in [1.807, 2.05) is 21.0 Å². The largest absolute Gasteiger partial charge is 0.469 e. The first-order chi connectivity index (χ1) is 7.10. The van der Waals surface area contributed by atoms with E-state index in [2.05, 4.69) is 0 Å². The predicted octanol–water partition coefficient (Wildman–Crippen LogP) is 1.54. The molecule has 1 radical (unpaired) electrons. The molecule has 1 unspecified atom stereocenters. The van der Waals surface area contributed by atoms with E-state index in [9.17, 15) is 4.79 Å². The van der Waals surface area contributed by atoms with Crippen LogP contribution in [0.25, 0.3) is 0 Å². The Labute approximate surface area is 90.4 Å². The van der Waals surface area contributed by atoms with Crippen molar-refractivity contribution in [3.63, 3.8) is 0 Å². The molecule has 81 valence electrons. The first kappa shape index (κ1) is 12.0. The van der Waals surface area contributed by atoms with E-state index >= 15 is 0 Å². The van der Waals surface area contributed by atoms with E-state index in [1.54, 1.807) is 6.92 Å². The van der Waals surface area contributed by atoms with Gasteiger partial charge in [0.05, 0.1) is 18.4 Å². The van der Waals surface area contributed by atoms with Gasteiger partial charge in [0.15, 0.2) is 5.43 Å². The minimum absolute atomic E-state index is 0.0880. The highest BCUT2D eigenvalue weighted by atomic mass is 16.3. The van der Waals surface area contributed by atoms with E-state index < -0.39 is 0 Å². The summed E-state index contributed by atoms with van der Waals surface area (Å²) < 4.78 is 5.23. The predicted molar refractivity (Wildman–Crippen MR) is 60.4 cm³/mol. The van der Waals surface area contributed by atoms with Gasteiger partial charge in [0, 0.05) is 5.56 Å². The van der Waals surface area contributed by atoms with Gasteiger partial charge in [0.2, 0.25) is 0 Å². The highest BCUT2D eigenvalue weighted by molar-refractivity contribution is 6.35. The van der Waals surface area contributed by atoms with Crippen molar-refractivity contribution in [1.82, 2.24) is 0 Å². The molecular formula is C11H16BO3. The van der Waals surface area contributed by atoms with Gasteiger partial charge in [-0.15, -0.1) is 0 Å². The molecule has 0 bridgehead atoms. The summed E-state index contributed by atoms with van der Waals surface area (Å²) in [5, 5.41) is 8.96. The topological polar surface area (TPSA) is 50.4 Å². The van der Waals surface area contributed by atoms with Crippen LogP contribution in [-0.2, 0) is 13.0 Å². The standard InChI is InChI=1S/C11H16BO3/c1-7(12-3)4-10-8(2)15-6-9(5-13)11(10)14/h6-7,13H,4-5H2,1-3H3. The molecule has 0 spiro atoms. The van der Waals surface area contributed by atoms with Gasteiger partial charge in [0.1, 0.15) is 13.0 Å². The fourth-order valence-electron chi connectivity index (χ4n) is 1.42. The molecule has 0 aliphatic heterocycles. The summed E-state index contributed by atoms with van der Waals surface area (Å²) in [6.07, 6.45) is 2.00. The molecular weight excluding hydrogens is 191 g/mol. The molecule has 4 heteroatoms. The van der Waals surface area contributed by atoms with Crippen LogP contribution in [0.4, 0.5) is 0 Å². The maximum absolute atomic E-state index is 11.8. The van der Waals surface area contributed by atoms with Crippen molar-refractivity contribution in [1.29, 1.82) is 0 Å². The molecule has 1 heterocycles. The Hall–Kier alpha value is -1.03. The van der Waals surface area contributed by atoms with Crippen LogP contribution >= 0.6 is 0 Å². The van der Waals surface area contributed by atoms with Crippen molar-refractivity contribution in [3.8, 4) is 0 Å². The van der Waals surface area contributed by atoms with Gasteiger partial charge in [-0.2, -0.15) is 0 Å². The summed E-state index contributed by atoms with van der Waals surface area (Å²) in [4.78, 5) is 11.8. The minimum Gasteiger partial charge on any atom is -0.469 e. The van der Waals surface area contributed by atoms with Gasteiger partial charge in [-0.25, -0.2) is 0 Å². The quantitative estimate of drug-likeness (QED) is 0.762. The third-order valence-corrected chi connectivity index (χ3v) is 2.63. The highest BCUT2D eigenvalue weighted by Crippen LogP contribution is 2.13. The maximum atomic E-state index is 11.8. The third kappa shape index (κ3) is 2.72. The Bertz CT molecular complexity index is 384. The Morgan fingerprint density at radius 3 is 2.80 bits per heavy atom. The molecule has 0 aliphatic carbocycles. The van der Waals surface area contributed by atoms with Gasteiger partial charge in [-0.1, -0.05) is 19.6 Å². The van der Waals surface area contributed by atoms with E-state index in [4.69, 9.17) is 9.52 Å². The summed E-state index contributed by atoms with van der Waals surface area (Å²) in [6.45, 7) is 5.53. The van der Waals surface area contributed by atoms with Crippen molar-refractivity contribution < 1.29 is 9.52 Å². The summed E-state index contributed by atoms with van der Waals surface area (Å²) >= 11 is 0. The lowest BCUT2D eigenvalue weighted by atomic mass is 9.65. The van der Waals surface area contributed by atoms with Gasteiger partial charge < -0.3 is 9.52 Å². The first-order valence-electron chi connectivity index (χ1n) is 5.10. The van der Waals surface area contributed by atoms with Gasteiger partial charge >= 0.3 is 0 Å². The zero-order chi connectivity index (χ0) is 11.4. The Balaban J connectivity index is 3.10. The van der Waals surface area contributed by atoms with E-state index in [0.29, 0.717) is 29.1 Å². The zero-order valence-electron chi connectivity index (χ0n) is 9.41. The van der Waals surface area contributed by atoms with Gasteiger partial charge in [0.25, 0.3) is 0 Å². The average Bonchev–Trinajstić information content (AvgIpc) is 2.24. The monoisotopic (exact) mass is 207 g/mol. The van der Waals surface area contributed by atoms with E-state index in [1.165, 1.54) is 6.26 Å². The second kappa shape index (κ2) is 5.17. The molecule has 1 aromatic heterocycles. The van der Waals surface area contributed by atoms with Gasteiger partial charge in [-0.05, 0) is 13.3 Å². The summed E-state index contributed by atoms with van der Waals surface area (Å²) in [7, 11) is 2.05. The molecule has 1 atom stereocenters. The number of aliphatic hydroxyl groups excluding tert-OH is 1. The van der Waals surface area contributed by atoms with Crippen molar-refractivity contribution in [2.24, 2.45) is 0 Å². The molecule has 0 aliphatic rings. The zero-order valence-corrected chi connectivity index (χ0v) is 9.41. The van der Waals surface area contributed by atoms with Crippen LogP contribution in [0.1, 0.15) is 23.8 Å². The number of rotatable bonds is 4. The smallest absolute Gasteiger partial charge is 0.193 e. The van der Waals surface area contributed by atoms with Crippen molar-refractivity contribution >= 4 is 7.28 Å². The van der Waals surface area contributed by atoms with Crippen LogP contribution in [0.2, 0.25) is 12.6 Å². The third-order valence-electron chi connectivity index (χ3n) is 2.63.